The van der Waals surface area contributed by atoms with E-state index in [0.29, 0.717) is 47.8 Å². The third-order valence-corrected chi connectivity index (χ3v) is 7.10. The Bertz CT molecular complexity index is 1520. The number of aromatic amines is 1. The highest BCUT2D eigenvalue weighted by Crippen LogP contribution is 2.34. The molecule has 1 N–H and O–H groups in total. The van der Waals surface area contributed by atoms with Crippen molar-refractivity contribution in [2.75, 3.05) is 24.5 Å². The zero-order chi connectivity index (χ0) is 24.1. The van der Waals surface area contributed by atoms with E-state index in [9.17, 15) is 13.6 Å². The average molecular weight is 495 g/mol. The topological polar surface area (TPSA) is 95.8 Å². The maximum atomic E-state index is 13.6. The van der Waals surface area contributed by atoms with Crippen molar-refractivity contribution in [2.45, 2.75) is 19.5 Å². The molecular formula is C23H20F2N8OS. The Kier molecular flexibility index (Phi) is 5.17. The fourth-order valence-electron chi connectivity index (χ4n) is 4.51. The van der Waals surface area contributed by atoms with Gasteiger partial charge in [0, 0.05) is 44.0 Å². The van der Waals surface area contributed by atoms with E-state index in [-0.39, 0.29) is 18.5 Å². The van der Waals surface area contributed by atoms with E-state index in [1.54, 1.807) is 22.6 Å². The van der Waals surface area contributed by atoms with Gasteiger partial charge in [0.15, 0.2) is 23.1 Å². The molecule has 0 radical (unpaired) electrons. The number of halogens is 2. The molecular weight excluding hydrogens is 474 g/mol. The number of aromatic nitrogens is 6. The van der Waals surface area contributed by atoms with Gasteiger partial charge in [-0.2, -0.15) is 0 Å². The van der Waals surface area contributed by atoms with Gasteiger partial charge in [-0.25, -0.2) is 28.7 Å². The second-order valence-corrected chi connectivity index (χ2v) is 9.31. The summed E-state index contributed by atoms with van der Waals surface area (Å²) >= 11 is 1.47. The molecule has 5 aromatic rings. The molecule has 6 rings (SSSR count). The number of fused-ring (bicyclic) bond motifs is 2. The smallest absolute Gasteiger partial charge is 0.242 e. The van der Waals surface area contributed by atoms with Crippen molar-refractivity contribution < 1.29 is 13.6 Å². The monoisotopic (exact) mass is 494 g/mol. The van der Waals surface area contributed by atoms with E-state index in [2.05, 4.69) is 29.8 Å². The summed E-state index contributed by atoms with van der Waals surface area (Å²) < 4.78 is 29.0. The highest BCUT2D eigenvalue weighted by molar-refractivity contribution is 7.14. The second-order valence-electron chi connectivity index (χ2n) is 8.48. The number of rotatable bonds is 4. The lowest BCUT2D eigenvalue weighted by atomic mass is 10.2. The number of hydrogen-bond acceptors (Lipinski definition) is 7. The van der Waals surface area contributed by atoms with Crippen LogP contribution >= 0.6 is 11.3 Å². The zero-order valence-electron chi connectivity index (χ0n) is 18.7. The Hall–Kier alpha value is -3.93. The molecule has 9 nitrogen and oxygen atoms in total. The summed E-state index contributed by atoms with van der Waals surface area (Å²) in [5, 5.41) is 0.897. The fourth-order valence-corrected chi connectivity index (χ4v) is 5.34. The van der Waals surface area contributed by atoms with E-state index in [1.807, 2.05) is 24.0 Å². The number of H-pyrrole nitrogens is 1. The zero-order valence-corrected chi connectivity index (χ0v) is 19.5. The van der Waals surface area contributed by atoms with Crippen LogP contribution in [-0.4, -0.2) is 66.0 Å². The van der Waals surface area contributed by atoms with Crippen LogP contribution in [0.1, 0.15) is 6.92 Å². The molecule has 0 unspecified atom stereocenters. The van der Waals surface area contributed by atoms with Gasteiger partial charge in [-0.15, -0.1) is 11.3 Å². The molecule has 0 aliphatic carbocycles. The number of hydrogen-bond donors (Lipinski definition) is 1. The van der Waals surface area contributed by atoms with Crippen LogP contribution in [0.5, 0.6) is 0 Å². The van der Waals surface area contributed by atoms with Crippen LogP contribution in [0.25, 0.3) is 33.7 Å². The van der Waals surface area contributed by atoms with Gasteiger partial charge in [0.25, 0.3) is 0 Å². The van der Waals surface area contributed by atoms with E-state index in [1.165, 1.54) is 11.3 Å². The standard InChI is InChI=1S/C23H20F2N8OS/c1-13-9-31(5-6-33(13)19(34)10-32-11-27-16-3-2-4-26-22(16)32)23-20(28-12-35-23)21-29-17-7-14(24)15(25)8-18(17)30-21/h2-4,7-8,11-13H,5-6,9-10H2,1H3,(H,29,30)/t13-/m1/s1. The first kappa shape index (κ1) is 21.6. The maximum Gasteiger partial charge on any atom is 0.242 e. The van der Waals surface area contributed by atoms with Gasteiger partial charge in [0.2, 0.25) is 5.91 Å². The van der Waals surface area contributed by atoms with Gasteiger partial charge < -0.3 is 19.4 Å². The number of nitrogens with one attached hydrogen (secondary N) is 1. The normalized spacial score (nSPS) is 16.5. The summed E-state index contributed by atoms with van der Waals surface area (Å²) in [6, 6.07) is 5.82. The predicted octanol–water partition coefficient (Wildman–Crippen LogP) is 3.45. The van der Waals surface area contributed by atoms with Crippen LogP contribution in [0, 0.1) is 11.6 Å². The average Bonchev–Trinajstić information content (AvgIpc) is 3.58. The number of imidazole rings is 2. The summed E-state index contributed by atoms with van der Waals surface area (Å²) in [4.78, 5) is 37.7. The lowest BCUT2D eigenvalue weighted by Gasteiger charge is -2.40. The Morgan fingerprint density at radius 1 is 1.17 bits per heavy atom. The number of nitrogens with zero attached hydrogens (tertiary/aromatic N) is 7. The van der Waals surface area contributed by atoms with Crippen LogP contribution in [-0.2, 0) is 11.3 Å². The summed E-state index contributed by atoms with van der Waals surface area (Å²) in [6.45, 7) is 3.98. The Morgan fingerprint density at radius 2 is 2.03 bits per heavy atom. The van der Waals surface area contributed by atoms with Crippen LogP contribution in [0.3, 0.4) is 0 Å². The summed E-state index contributed by atoms with van der Waals surface area (Å²) in [5.41, 5.74) is 4.53. The molecule has 12 heteroatoms. The summed E-state index contributed by atoms with van der Waals surface area (Å²) in [6.07, 6.45) is 3.33. The van der Waals surface area contributed by atoms with Gasteiger partial charge in [-0.05, 0) is 19.1 Å². The molecule has 0 bridgehead atoms. The van der Waals surface area contributed by atoms with Crippen molar-refractivity contribution in [3.05, 3.63) is 53.9 Å². The van der Waals surface area contributed by atoms with Crippen LogP contribution < -0.4 is 4.90 Å². The molecule has 1 amide bonds. The van der Waals surface area contributed by atoms with Crippen molar-refractivity contribution in [1.82, 2.24) is 34.4 Å². The quantitative estimate of drug-likeness (QED) is 0.411. The number of benzene rings is 1. The molecule has 0 saturated carbocycles. The van der Waals surface area contributed by atoms with Gasteiger partial charge in [0.1, 0.15) is 22.8 Å². The molecule has 1 aliphatic rings. The minimum absolute atomic E-state index is 0.00738. The van der Waals surface area contributed by atoms with E-state index >= 15 is 0 Å². The Balaban J connectivity index is 1.19. The first-order chi connectivity index (χ1) is 17.0. The molecule has 1 aromatic carbocycles. The number of pyridine rings is 1. The number of thiazole rings is 1. The maximum absolute atomic E-state index is 13.6. The first-order valence-corrected chi connectivity index (χ1v) is 11.9. The molecule has 0 spiro atoms. The van der Waals surface area contributed by atoms with Gasteiger partial charge in [-0.1, -0.05) is 0 Å². The lowest BCUT2D eigenvalue weighted by molar-refractivity contribution is -0.134. The third-order valence-electron chi connectivity index (χ3n) is 6.21. The van der Waals surface area contributed by atoms with Gasteiger partial charge >= 0.3 is 0 Å². The van der Waals surface area contributed by atoms with Crippen molar-refractivity contribution >= 4 is 44.4 Å². The van der Waals surface area contributed by atoms with Crippen LogP contribution in [0.2, 0.25) is 0 Å². The number of anilines is 1. The van der Waals surface area contributed by atoms with Crippen molar-refractivity contribution in [3.8, 4) is 11.5 Å². The van der Waals surface area contributed by atoms with Crippen molar-refractivity contribution in [3.63, 3.8) is 0 Å². The number of piperazine rings is 1. The van der Waals surface area contributed by atoms with Crippen molar-refractivity contribution in [2.24, 2.45) is 0 Å². The fraction of sp³-hybridized carbons (Fsp3) is 0.261. The van der Waals surface area contributed by atoms with Crippen LogP contribution in [0.4, 0.5) is 13.8 Å². The first-order valence-electron chi connectivity index (χ1n) is 11.1. The number of carbonyl (C=O) groups excluding carboxylic acids is 1. The molecule has 1 saturated heterocycles. The Morgan fingerprint density at radius 3 is 2.89 bits per heavy atom. The lowest BCUT2D eigenvalue weighted by Crippen LogP contribution is -2.54. The molecule has 5 heterocycles. The SMILES string of the molecule is C[C@@H]1CN(c2scnc2-c2nc3cc(F)c(F)cc3[nH]2)CCN1C(=O)Cn1cnc2cccnc21. The number of carbonyl (C=O) groups is 1. The second kappa shape index (κ2) is 8.38. The molecule has 1 atom stereocenters. The molecule has 35 heavy (non-hydrogen) atoms. The van der Waals surface area contributed by atoms with Crippen LogP contribution in [0.15, 0.2) is 42.3 Å². The molecule has 178 valence electrons. The van der Waals surface area contributed by atoms with Gasteiger partial charge in [0.05, 0.1) is 22.9 Å². The predicted molar refractivity (Wildman–Crippen MR) is 128 cm³/mol. The van der Waals surface area contributed by atoms with E-state index in [4.69, 9.17) is 0 Å². The summed E-state index contributed by atoms with van der Waals surface area (Å²) in [7, 11) is 0. The molecule has 4 aromatic heterocycles. The van der Waals surface area contributed by atoms with E-state index in [0.717, 1.165) is 22.7 Å². The minimum Gasteiger partial charge on any atom is -0.358 e. The van der Waals surface area contributed by atoms with E-state index < -0.39 is 11.6 Å². The highest BCUT2D eigenvalue weighted by atomic mass is 32.1. The highest BCUT2D eigenvalue weighted by Gasteiger charge is 2.30. The molecule has 1 aliphatic heterocycles. The number of amides is 1. The third kappa shape index (κ3) is 3.79. The Labute approximate surface area is 202 Å². The minimum atomic E-state index is -0.942. The largest absolute Gasteiger partial charge is 0.358 e. The molecule has 1 fully saturated rings. The summed E-state index contributed by atoms with van der Waals surface area (Å²) in [5.74, 6) is -1.41. The van der Waals surface area contributed by atoms with Crippen molar-refractivity contribution in [1.29, 1.82) is 0 Å². The van der Waals surface area contributed by atoms with Gasteiger partial charge in [-0.3, -0.25) is 4.79 Å².